The second-order valence-corrected chi connectivity index (χ2v) is 3.91. The van der Waals surface area contributed by atoms with Gasteiger partial charge >= 0.3 is 0 Å². The summed E-state index contributed by atoms with van der Waals surface area (Å²) in [4.78, 5) is 7.63. The molecule has 0 spiro atoms. The van der Waals surface area contributed by atoms with Crippen molar-refractivity contribution in [3.05, 3.63) is 29.2 Å². The maximum Gasteiger partial charge on any atom is 0.269 e. The maximum atomic E-state index is 6.88. The summed E-state index contributed by atoms with van der Waals surface area (Å²) in [7, 11) is 0. The third kappa shape index (κ3) is 1.15. The molecule has 0 atom stereocenters. The molecule has 0 saturated carbocycles. The Hall–Kier alpha value is -1.56. The van der Waals surface area contributed by atoms with Gasteiger partial charge in [0.25, 0.3) is 5.82 Å². The summed E-state index contributed by atoms with van der Waals surface area (Å²) in [6.07, 6.45) is 0. The topological polar surface area (TPSA) is 29.3 Å². The van der Waals surface area contributed by atoms with E-state index in [1.54, 1.807) is 6.07 Å². The molecule has 13 heavy (non-hydrogen) atoms. The van der Waals surface area contributed by atoms with Crippen LogP contribution in [0.4, 0.5) is 11.5 Å². The van der Waals surface area contributed by atoms with Gasteiger partial charge in [-0.1, -0.05) is 20.4 Å². The average molecular weight is 173 g/mol. The molecule has 1 N–H and O–H groups in total. The SMILES string of the molecule is [C-]#[N+]c1ccc2c(n1)C(C)(C)CN2. The number of anilines is 1. The van der Waals surface area contributed by atoms with Crippen LogP contribution in [-0.4, -0.2) is 11.5 Å². The minimum Gasteiger partial charge on any atom is -0.381 e. The number of hydrogen-bond acceptors (Lipinski definition) is 2. The largest absolute Gasteiger partial charge is 0.381 e. The number of nitrogens with zero attached hydrogens (tertiary/aromatic N) is 2. The predicted molar refractivity (Wildman–Crippen MR) is 52.0 cm³/mol. The first-order valence-electron chi connectivity index (χ1n) is 4.26. The highest BCUT2D eigenvalue weighted by atomic mass is 15.0. The van der Waals surface area contributed by atoms with Crippen molar-refractivity contribution in [2.45, 2.75) is 19.3 Å². The van der Waals surface area contributed by atoms with Crippen LogP contribution in [0.1, 0.15) is 19.5 Å². The van der Waals surface area contributed by atoms with Gasteiger partial charge in [0.2, 0.25) is 0 Å². The summed E-state index contributed by atoms with van der Waals surface area (Å²) >= 11 is 0. The highest BCUT2D eigenvalue weighted by molar-refractivity contribution is 5.60. The van der Waals surface area contributed by atoms with Gasteiger partial charge in [-0.05, 0) is 12.1 Å². The van der Waals surface area contributed by atoms with E-state index in [2.05, 4.69) is 29.0 Å². The molecule has 2 heterocycles. The first kappa shape index (κ1) is 8.06. The van der Waals surface area contributed by atoms with Gasteiger partial charge in [-0.3, -0.25) is 0 Å². The van der Waals surface area contributed by atoms with Gasteiger partial charge in [-0.2, -0.15) is 0 Å². The molecular formula is C10H11N3. The highest BCUT2D eigenvalue weighted by Crippen LogP contribution is 2.35. The van der Waals surface area contributed by atoms with Crippen LogP contribution in [0.3, 0.4) is 0 Å². The first-order valence-corrected chi connectivity index (χ1v) is 4.26. The van der Waals surface area contributed by atoms with Crippen LogP contribution in [0.15, 0.2) is 12.1 Å². The molecule has 0 amide bonds. The Labute approximate surface area is 77.6 Å². The van der Waals surface area contributed by atoms with E-state index in [0.717, 1.165) is 17.9 Å². The molecule has 0 aromatic carbocycles. The molecule has 0 bridgehead atoms. The van der Waals surface area contributed by atoms with E-state index < -0.39 is 0 Å². The van der Waals surface area contributed by atoms with Crippen LogP contribution in [0, 0.1) is 6.57 Å². The van der Waals surface area contributed by atoms with Crippen molar-refractivity contribution >= 4 is 11.5 Å². The van der Waals surface area contributed by atoms with Gasteiger partial charge in [-0.25, -0.2) is 0 Å². The summed E-state index contributed by atoms with van der Waals surface area (Å²) in [6, 6.07) is 3.69. The van der Waals surface area contributed by atoms with Gasteiger partial charge in [0, 0.05) is 12.0 Å². The number of aromatic nitrogens is 1. The first-order chi connectivity index (χ1) is 6.13. The zero-order valence-corrected chi connectivity index (χ0v) is 7.76. The average Bonchev–Trinajstić information content (AvgIpc) is 2.42. The highest BCUT2D eigenvalue weighted by Gasteiger charge is 2.34. The van der Waals surface area contributed by atoms with Gasteiger partial charge < -0.3 is 10.2 Å². The minimum absolute atomic E-state index is 0.0516. The summed E-state index contributed by atoms with van der Waals surface area (Å²) < 4.78 is 0. The lowest BCUT2D eigenvalue weighted by atomic mass is 9.91. The lowest BCUT2D eigenvalue weighted by molar-refractivity contribution is 0.570. The monoisotopic (exact) mass is 173 g/mol. The van der Waals surface area contributed by atoms with Crippen LogP contribution in [0.25, 0.3) is 4.85 Å². The maximum absolute atomic E-state index is 6.88. The fourth-order valence-electron chi connectivity index (χ4n) is 1.57. The van der Waals surface area contributed by atoms with Crippen molar-refractivity contribution in [3.8, 4) is 0 Å². The van der Waals surface area contributed by atoms with Crippen molar-refractivity contribution in [3.63, 3.8) is 0 Å². The standard InChI is InChI=1S/C10H11N3/c1-10(2)6-12-7-4-5-8(11-3)13-9(7)10/h4-5,12H,6H2,1-2H3. The van der Waals surface area contributed by atoms with Crippen molar-refractivity contribution in [1.29, 1.82) is 0 Å². The Morgan fingerprint density at radius 3 is 3.00 bits per heavy atom. The molecule has 0 saturated heterocycles. The number of hydrogen-bond donors (Lipinski definition) is 1. The fraction of sp³-hybridized carbons (Fsp3) is 0.400. The second-order valence-electron chi connectivity index (χ2n) is 3.91. The summed E-state index contributed by atoms with van der Waals surface area (Å²) in [5.74, 6) is 0.482. The van der Waals surface area contributed by atoms with Crippen LogP contribution < -0.4 is 5.32 Å². The number of pyridine rings is 1. The zero-order valence-electron chi connectivity index (χ0n) is 7.76. The molecule has 3 nitrogen and oxygen atoms in total. The lowest BCUT2D eigenvalue weighted by Crippen LogP contribution is -2.19. The third-order valence-corrected chi connectivity index (χ3v) is 2.36. The molecule has 2 rings (SSSR count). The Morgan fingerprint density at radius 2 is 2.31 bits per heavy atom. The molecule has 0 aliphatic carbocycles. The van der Waals surface area contributed by atoms with E-state index in [1.165, 1.54) is 0 Å². The molecule has 0 unspecified atom stereocenters. The molecule has 1 aromatic rings. The molecule has 1 aliphatic rings. The minimum atomic E-state index is 0.0516. The summed E-state index contributed by atoms with van der Waals surface area (Å²) in [6.45, 7) is 12.0. The Kier molecular flexibility index (Phi) is 1.53. The number of fused-ring (bicyclic) bond motifs is 1. The Bertz CT molecular complexity index is 388. The van der Waals surface area contributed by atoms with Crippen molar-refractivity contribution < 1.29 is 0 Å². The molecule has 0 fully saturated rings. The van der Waals surface area contributed by atoms with Crippen molar-refractivity contribution in [2.24, 2.45) is 0 Å². The van der Waals surface area contributed by atoms with Gasteiger partial charge in [0.05, 0.1) is 5.69 Å². The zero-order chi connectivity index (χ0) is 9.47. The van der Waals surface area contributed by atoms with E-state index >= 15 is 0 Å². The van der Waals surface area contributed by atoms with E-state index in [4.69, 9.17) is 6.57 Å². The van der Waals surface area contributed by atoms with Crippen molar-refractivity contribution in [1.82, 2.24) is 4.98 Å². The predicted octanol–water partition coefficient (Wildman–Crippen LogP) is 2.34. The number of nitrogens with one attached hydrogen (secondary N) is 1. The van der Waals surface area contributed by atoms with Gasteiger partial charge in [0.1, 0.15) is 0 Å². The van der Waals surface area contributed by atoms with Gasteiger partial charge in [0.15, 0.2) is 5.69 Å². The number of rotatable bonds is 0. The van der Waals surface area contributed by atoms with Gasteiger partial charge in [-0.15, -0.1) is 4.98 Å². The molecule has 3 heteroatoms. The lowest BCUT2D eigenvalue weighted by Gasteiger charge is -2.12. The molecule has 66 valence electrons. The normalized spacial score (nSPS) is 17.3. The fourth-order valence-corrected chi connectivity index (χ4v) is 1.57. The Balaban J connectivity index is 2.57. The summed E-state index contributed by atoms with van der Waals surface area (Å²) in [5, 5.41) is 3.28. The quantitative estimate of drug-likeness (QED) is 0.610. The van der Waals surface area contributed by atoms with Crippen LogP contribution in [0.5, 0.6) is 0 Å². The van der Waals surface area contributed by atoms with Crippen LogP contribution >= 0.6 is 0 Å². The molecule has 1 aromatic heterocycles. The van der Waals surface area contributed by atoms with E-state index in [0.29, 0.717) is 5.82 Å². The molecule has 1 aliphatic heterocycles. The molecule has 0 radical (unpaired) electrons. The van der Waals surface area contributed by atoms with E-state index in [1.807, 2.05) is 6.07 Å². The van der Waals surface area contributed by atoms with Crippen LogP contribution in [-0.2, 0) is 5.41 Å². The Morgan fingerprint density at radius 1 is 1.54 bits per heavy atom. The summed E-state index contributed by atoms with van der Waals surface area (Å²) in [5.41, 5.74) is 2.13. The molecular weight excluding hydrogens is 162 g/mol. The van der Waals surface area contributed by atoms with Crippen LogP contribution in [0.2, 0.25) is 0 Å². The van der Waals surface area contributed by atoms with E-state index in [9.17, 15) is 0 Å². The third-order valence-electron chi connectivity index (χ3n) is 2.36. The van der Waals surface area contributed by atoms with E-state index in [-0.39, 0.29) is 5.41 Å². The second kappa shape index (κ2) is 2.46. The smallest absolute Gasteiger partial charge is 0.269 e. The van der Waals surface area contributed by atoms with Crippen molar-refractivity contribution in [2.75, 3.05) is 11.9 Å².